The first-order chi connectivity index (χ1) is 10.0. The average Bonchev–Trinajstić information content (AvgIpc) is 2.47. The number of piperidine rings is 1. The second-order valence-corrected chi connectivity index (χ2v) is 5.97. The fourth-order valence-electron chi connectivity index (χ4n) is 2.57. The van der Waals surface area contributed by atoms with Crippen molar-refractivity contribution in [3.05, 3.63) is 34.1 Å². The quantitative estimate of drug-likeness (QED) is 0.780. The number of methoxy groups -OCH3 is 1. The molecule has 6 heteroatoms. The van der Waals surface area contributed by atoms with E-state index >= 15 is 0 Å². The Morgan fingerprint density at radius 3 is 2.86 bits per heavy atom. The maximum atomic E-state index is 13.9. The van der Waals surface area contributed by atoms with Crippen molar-refractivity contribution in [2.45, 2.75) is 31.7 Å². The average molecular weight is 358 g/mol. The van der Waals surface area contributed by atoms with Crippen molar-refractivity contribution in [3.8, 4) is 0 Å². The van der Waals surface area contributed by atoms with E-state index in [0.29, 0.717) is 11.0 Å². The molecule has 1 aliphatic heterocycles. The minimum atomic E-state index is -0.559. The van der Waals surface area contributed by atoms with Crippen molar-refractivity contribution >= 4 is 27.8 Å². The van der Waals surface area contributed by atoms with Crippen LogP contribution in [0.25, 0.3) is 0 Å². The molecule has 0 spiro atoms. The monoisotopic (exact) mass is 357 g/mol. The first-order valence-electron chi connectivity index (χ1n) is 6.85. The molecule has 1 aromatic carbocycles. The number of carbonyl (C=O) groups is 2. The number of halogens is 2. The van der Waals surface area contributed by atoms with Crippen LogP contribution in [0.15, 0.2) is 22.7 Å². The molecule has 4 nitrogen and oxygen atoms in total. The molecule has 1 fully saturated rings. The van der Waals surface area contributed by atoms with E-state index in [9.17, 15) is 14.0 Å². The Morgan fingerprint density at radius 1 is 1.43 bits per heavy atom. The summed E-state index contributed by atoms with van der Waals surface area (Å²) in [7, 11) is 1.33. The van der Waals surface area contributed by atoms with Crippen LogP contribution in [0.3, 0.4) is 0 Å². The van der Waals surface area contributed by atoms with Crippen molar-refractivity contribution < 1.29 is 18.7 Å². The first-order valence-corrected chi connectivity index (χ1v) is 7.65. The zero-order valence-electron chi connectivity index (χ0n) is 11.8. The lowest BCUT2D eigenvalue weighted by Crippen LogP contribution is -2.45. The van der Waals surface area contributed by atoms with Crippen LogP contribution >= 0.6 is 15.9 Å². The highest BCUT2D eigenvalue weighted by molar-refractivity contribution is 9.10. The Balaban J connectivity index is 2.20. The van der Waals surface area contributed by atoms with Crippen LogP contribution < -0.4 is 0 Å². The van der Waals surface area contributed by atoms with Gasteiger partial charge in [-0.1, -0.05) is 15.9 Å². The van der Waals surface area contributed by atoms with Crippen molar-refractivity contribution in [3.63, 3.8) is 0 Å². The molecule has 0 N–H and O–H groups in total. The molecular weight excluding hydrogens is 341 g/mol. The molecule has 0 saturated carbocycles. The Labute approximate surface area is 131 Å². The van der Waals surface area contributed by atoms with Crippen LogP contribution in [0.4, 0.5) is 4.39 Å². The van der Waals surface area contributed by atoms with Gasteiger partial charge in [-0.25, -0.2) is 4.39 Å². The third-order valence-corrected chi connectivity index (χ3v) is 4.17. The predicted octanol–water partition coefficient (Wildman–Crippen LogP) is 3.15. The van der Waals surface area contributed by atoms with Gasteiger partial charge in [0.15, 0.2) is 0 Å². The summed E-state index contributed by atoms with van der Waals surface area (Å²) in [6.45, 7) is 0.538. The number of nitrogens with zero attached hydrogens (tertiary/aromatic N) is 1. The van der Waals surface area contributed by atoms with E-state index in [-0.39, 0.29) is 29.9 Å². The zero-order valence-corrected chi connectivity index (χ0v) is 13.4. The molecule has 0 aliphatic carbocycles. The highest BCUT2D eigenvalue weighted by atomic mass is 79.9. The van der Waals surface area contributed by atoms with Crippen molar-refractivity contribution in [1.29, 1.82) is 0 Å². The number of hydrogen-bond acceptors (Lipinski definition) is 3. The normalized spacial score (nSPS) is 18.4. The van der Waals surface area contributed by atoms with E-state index in [1.54, 1.807) is 11.0 Å². The second kappa shape index (κ2) is 7.02. The molecule has 21 heavy (non-hydrogen) atoms. The number of amides is 1. The Bertz CT molecular complexity index is 550. The van der Waals surface area contributed by atoms with Crippen molar-refractivity contribution in [1.82, 2.24) is 4.90 Å². The Hall–Kier alpha value is -1.43. The van der Waals surface area contributed by atoms with Crippen molar-refractivity contribution in [2.75, 3.05) is 13.7 Å². The van der Waals surface area contributed by atoms with Gasteiger partial charge in [0, 0.05) is 17.1 Å². The van der Waals surface area contributed by atoms with Gasteiger partial charge in [0.25, 0.3) is 5.91 Å². The third kappa shape index (κ3) is 3.81. The van der Waals surface area contributed by atoms with Crippen LogP contribution in [-0.2, 0) is 9.53 Å². The number of carbonyl (C=O) groups excluding carboxylic acids is 2. The highest BCUT2D eigenvalue weighted by Crippen LogP contribution is 2.24. The second-order valence-electron chi connectivity index (χ2n) is 5.05. The highest BCUT2D eigenvalue weighted by Gasteiger charge is 2.30. The number of esters is 1. The molecule has 0 bridgehead atoms. The number of hydrogen-bond donors (Lipinski definition) is 0. The molecule has 1 unspecified atom stereocenters. The summed E-state index contributed by atoms with van der Waals surface area (Å²) in [6.07, 6.45) is 2.70. The molecule has 1 aromatic rings. The van der Waals surface area contributed by atoms with Gasteiger partial charge < -0.3 is 9.64 Å². The predicted molar refractivity (Wildman–Crippen MR) is 79.4 cm³/mol. The first kappa shape index (κ1) is 15.9. The summed E-state index contributed by atoms with van der Waals surface area (Å²) in [5.41, 5.74) is 0.0370. The van der Waals surface area contributed by atoms with Gasteiger partial charge >= 0.3 is 5.97 Å². The minimum Gasteiger partial charge on any atom is -0.469 e. The lowest BCUT2D eigenvalue weighted by atomic mass is 9.98. The topological polar surface area (TPSA) is 46.6 Å². The SMILES string of the molecule is COC(=O)CC1CCCCN1C(=O)c1ccc(Br)cc1F. The fraction of sp³-hybridized carbons (Fsp3) is 0.467. The fourth-order valence-corrected chi connectivity index (χ4v) is 2.91. The Kier molecular flexibility index (Phi) is 5.33. The smallest absolute Gasteiger partial charge is 0.307 e. The summed E-state index contributed by atoms with van der Waals surface area (Å²) in [5.74, 6) is -1.28. The largest absolute Gasteiger partial charge is 0.469 e. The molecule has 1 aliphatic rings. The Morgan fingerprint density at radius 2 is 2.19 bits per heavy atom. The van der Waals surface area contributed by atoms with Gasteiger partial charge in [-0.2, -0.15) is 0 Å². The molecule has 1 amide bonds. The molecule has 2 rings (SSSR count). The van der Waals surface area contributed by atoms with Gasteiger partial charge in [0.2, 0.25) is 0 Å². The van der Waals surface area contributed by atoms with E-state index in [1.165, 1.54) is 19.2 Å². The van der Waals surface area contributed by atoms with Crippen LogP contribution in [0.2, 0.25) is 0 Å². The summed E-state index contributed by atoms with van der Waals surface area (Å²) in [5, 5.41) is 0. The number of ether oxygens (including phenoxy) is 1. The number of benzene rings is 1. The van der Waals surface area contributed by atoms with E-state index in [1.807, 2.05) is 0 Å². The van der Waals surface area contributed by atoms with Gasteiger partial charge in [0.05, 0.1) is 19.1 Å². The molecule has 0 aromatic heterocycles. The molecule has 1 atom stereocenters. The summed E-state index contributed by atoms with van der Waals surface area (Å²) in [4.78, 5) is 25.6. The molecule has 114 valence electrons. The maximum absolute atomic E-state index is 13.9. The minimum absolute atomic E-state index is 0.0370. The standard InChI is InChI=1S/C15H17BrFNO3/c1-21-14(19)9-11-4-2-3-7-18(11)15(20)12-6-5-10(16)8-13(12)17/h5-6,8,11H,2-4,7,9H2,1H3. The summed E-state index contributed by atoms with van der Waals surface area (Å²) >= 11 is 3.17. The van der Waals surface area contributed by atoms with Gasteiger partial charge in [-0.15, -0.1) is 0 Å². The number of rotatable bonds is 3. The number of likely N-dealkylation sites (tertiary alicyclic amines) is 1. The summed E-state index contributed by atoms with van der Waals surface area (Å²) in [6, 6.07) is 4.15. The van der Waals surface area contributed by atoms with Crippen LogP contribution in [0.5, 0.6) is 0 Å². The van der Waals surface area contributed by atoms with Gasteiger partial charge in [-0.05, 0) is 37.5 Å². The van der Waals surface area contributed by atoms with Gasteiger partial charge in [-0.3, -0.25) is 9.59 Å². The zero-order chi connectivity index (χ0) is 15.4. The molecule has 1 saturated heterocycles. The lowest BCUT2D eigenvalue weighted by molar-refractivity contribution is -0.142. The lowest BCUT2D eigenvalue weighted by Gasteiger charge is -2.35. The van der Waals surface area contributed by atoms with E-state index < -0.39 is 5.82 Å². The summed E-state index contributed by atoms with van der Waals surface area (Å²) < 4.78 is 19.2. The van der Waals surface area contributed by atoms with Gasteiger partial charge in [0.1, 0.15) is 5.82 Å². The third-order valence-electron chi connectivity index (χ3n) is 3.68. The van der Waals surface area contributed by atoms with Crippen LogP contribution in [0, 0.1) is 5.82 Å². The maximum Gasteiger partial charge on any atom is 0.307 e. The van der Waals surface area contributed by atoms with E-state index in [0.717, 1.165) is 19.3 Å². The van der Waals surface area contributed by atoms with Crippen LogP contribution in [-0.4, -0.2) is 36.5 Å². The molecule has 0 radical (unpaired) electrons. The van der Waals surface area contributed by atoms with E-state index in [4.69, 9.17) is 0 Å². The van der Waals surface area contributed by atoms with Crippen molar-refractivity contribution in [2.24, 2.45) is 0 Å². The molecule has 1 heterocycles. The van der Waals surface area contributed by atoms with Crippen LogP contribution in [0.1, 0.15) is 36.0 Å². The molecular formula is C15H17BrFNO3. The van der Waals surface area contributed by atoms with E-state index in [2.05, 4.69) is 20.7 Å².